The lowest BCUT2D eigenvalue weighted by atomic mass is 9.98. The molecule has 0 aliphatic heterocycles. The van der Waals surface area contributed by atoms with Crippen molar-refractivity contribution in [2.75, 3.05) is 30.9 Å². The molecule has 0 saturated heterocycles. The summed E-state index contributed by atoms with van der Waals surface area (Å²) in [6.07, 6.45) is 0.355. The molecule has 0 atom stereocenters. The molecular weight excluding hydrogens is 244 g/mol. The van der Waals surface area contributed by atoms with Crippen molar-refractivity contribution in [2.24, 2.45) is 0 Å². The molecule has 4 N–H and O–H groups in total. The van der Waals surface area contributed by atoms with Gasteiger partial charge in [-0.05, 0) is 6.42 Å². The fourth-order valence-corrected chi connectivity index (χ4v) is 1.42. The van der Waals surface area contributed by atoms with Crippen molar-refractivity contribution in [2.45, 2.75) is 18.9 Å². The smallest absolute Gasteiger partial charge is 0.168 e. The van der Waals surface area contributed by atoms with Crippen LogP contribution in [0.25, 0.3) is 0 Å². The van der Waals surface area contributed by atoms with Gasteiger partial charge in [0.05, 0.1) is 18.8 Å². The molecule has 0 unspecified atom stereocenters. The third kappa shape index (κ3) is 2.85. The van der Waals surface area contributed by atoms with Crippen LogP contribution >= 0.6 is 0 Å². The van der Waals surface area contributed by atoms with E-state index >= 15 is 0 Å². The molecule has 0 amide bonds. The Balaban J connectivity index is 3.10. The third-order valence-corrected chi connectivity index (χ3v) is 2.83. The molecule has 0 aliphatic rings. The van der Waals surface area contributed by atoms with Crippen LogP contribution in [0.2, 0.25) is 0 Å². The first-order chi connectivity index (χ1) is 8.51. The van der Waals surface area contributed by atoms with Crippen molar-refractivity contribution in [1.82, 2.24) is 4.98 Å². The summed E-state index contributed by atoms with van der Waals surface area (Å²) in [6, 6.07) is 0.691. The van der Waals surface area contributed by atoms with E-state index in [2.05, 4.69) is 15.6 Å². The number of aliphatic hydroxyl groups excluding tert-OH is 2. The van der Waals surface area contributed by atoms with Gasteiger partial charge in [0, 0.05) is 13.1 Å². The lowest BCUT2D eigenvalue weighted by Gasteiger charge is -2.30. The molecule has 18 heavy (non-hydrogen) atoms. The zero-order chi connectivity index (χ0) is 13.8. The van der Waals surface area contributed by atoms with Crippen molar-refractivity contribution in [3.05, 3.63) is 17.7 Å². The Morgan fingerprint density at radius 3 is 2.22 bits per heavy atom. The highest BCUT2D eigenvalue weighted by atomic mass is 19.1. The van der Waals surface area contributed by atoms with Crippen molar-refractivity contribution in [3.63, 3.8) is 0 Å². The van der Waals surface area contributed by atoms with Crippen LogP contribution in [0.3, 0.4) is 0 Å². The van der Waals surface area contributed by atoms with Crippen LogP contribution in [0.15, 0.2) is 6.07 Å². The Labute approximate surface area is 104 Å². The number of nitrogens with one attached hydrogen (secondary N) is 2. The first kappa shape index (κ1) is 14.6. The second kappa shape index (κ2) is 5.92. The highest BCUT2D eigenvalue weighted by Gasteiger charge is 2.28. The lowest BCUT2D eigenvalue weighted by Crippen LogP contribution is -2.45. The Bertz CT molecular complexity index is 403. The van der Waals surface area contributed by atoms with E-state index in [4.69, 9.17) is 0 Å². The maximum atomic E-state index is 13.6. The summed E-state index contributed by atoms with van der Waals surface area (Å²) in [5, 5.41) is 23.6. The molecule has 1 aromatic rings. The van der Waals surface area contributed by atoms with Crippen LogP contribution in [0.5, 0.6) is 0 Å². The van der Waals surface area contributed by atoms with E-state index in [1.54, 1.807) is 6.92 Å². The zero-order valence-corrected chi connectivity index (χ0v) is 10.3. The molecule has 0 saturated carbocycles. The van der Waals surface area contributed by atoms with Crippen LogP contribution in [0, 0.1) is 11.6 Å². The normalized spacial score (nSPS) is 11.4. The molecule has 5 nitrogen and oxygen atoms in total. The Hall–Kier alpha value is -1.47. The lowest BCUT2D eigenvalue weighted by molar-refractivity contribution is 0.132. The maximum Gasteiger partial charge on any atom is 0.168 e. The molecule has 0 aliphatic carbocycles. The predicted molar refractivity (Wildman–Crippen MR) is 64.5 cm³/mol. The first-order valence-corrected chi connectivity index (χ1v) is 5.55. The SMILES string of the molecule is CCC(CO)(CO)Nc1nc(NC)c(F)cc1F. The second-order valence-electron chi connectivity index (χ2n) is 3.97. The number of nitrogens with zero attached hydrogens (tertiary/aromatic N) is 1. The van der Waals surface area contributed by atoms with Crippen LogP contribution in [0.4, 0.5) is 20.4 Å². The minimum absolute atomic E-state index is 0.111. The van der Waals surface area contributed by atoms with Gasteiger partial charge < -0.3 is 20.8 Å². The van der Waals surface area contributed by atoms with Gasteiger partial charge >= 0.3 is 0 Å². The van der Waals surface area contributed by atoms with Gasteiger partial charge in [-0.3, -0.25) is 0 Å². The van der Waals surface area contributed by atoms with Gasteiger partial charge in [0.1, 0.15) is 0 Å². The average molecular weight is 261 g/mol. The van der Waals surface area contributed by atoms with Gasteiger partial charge in [0.15, 0.2) is 23.3 Å². The second-order valence-corrected chi connectivity index (χ2v) is 3.97. The molecule has 0 aromatic carbocycles. The van der Waals surface area contributed by atoms with Crippen molar-refractivity contribution < 1.29 is 19.0 Å². The number of aliphatic hydroxyl groups is 2. The molecule has 0 radical (unpaired) electrons. The standard InChI is InChI=1S/C11H17F2N3O2/c1-3-11(5-17,6-18)16-10-8(13)4-7(12)9(14-2)15-10/h4,17-18H,3,5-6H2,1-2H3,(H2,14,15,16). The molecule has 1 heterocycles. The summed E-state index contributed by atoms with van der Waals surface area (Å²) in [6.45, 7) is 0.931. The minimum Gasteiger partial charge on any atom is -0.394 e. The largest absolute Gasteiger partial charge is 0.394 e. The summed E-state index contributed by atoms with van der Waals surface area (Å²) in [4.78, 5) is 3.72. The molecule has 0 spiro atoms. The summed E-state index contributed by atoms with van der Waals surface area (Å²) < 4.78 is 26.8. The number of aromatic nitrogens is 1. The highest BCUT2D eigenvalue weighted by Crippen LogP contribution is 2.23. The maximum absolute atomic E-state index is 13.6. The molecule has 1 aromatic heterocycles. The molecule has 0 fully saturated rings. The number of rotatable bonds is 6. The predicted octanol–water partition coefficient (Wildman–Crippen LogP) is 0.947. The van der Waals surface area contributed by atoms with E-state index in [0.717, 1.165) is 0 Å². The number of hydrogen-bond donors (Lipinski definition) is 4. The first-order valence-electron chi connectivity index (χ1n) is 5.55. The summed E-state index contributed by atoms with van der Waals surface area (Å²) in [5.74, 6) is -2.02. The monoisotopic (exact) mass is 261 g/mol. The Morgan fingerprint density at radius 1 is 1.22 bits per heavy atom. The highest BCUT2D eigenvalue weighted by molar-refractivity contribution is 5.48. The topological polar surface area (TPSA) is 77.4 Å². The van der Waals surface area contributed by atoms with E-state index in [0.29, 0.717) is 12.5 Å². The van der Waals surface area contributed by atoms with E-state index in [1.807, 2.05) is 0 Å². The van der Waals surface area contributed by atoms with Crippen molar-refractivity contribution in [1.29, 1.82) is 0 Å². The molecular formula is C11H17F2N3O2. The summed E-state index contributed by atoms with van der Waals surface area (Å²) in [5.41, 5.74) is -1.09. The van der Waals surface area contributed by atoms with E-state index in [9.17, 15) is 19.0 Å². The fourth-order valence-electron chi connectivity index (χ4n) is 1.42. The molecule has 0 bridgehead atoms. The van der Waals surface area contributed by atoms with Crippen molar-refractivity contribution >= 4 is 11.6 Å². The van der Waals surface area contributed by atoms with E-state index < -0.39 is 30.4 Å². The van der Waals surface area contributed by atoms with Gasteiger partial charge in [-0.2, -0.15) is 0 Å². The zero-order valence-electron chi connectivity index (χ0n) is 10.3. The van der Waals surface area contributed by atoms with Crippen LogP contribution in [0.1, 0.15) is 13.3 Å². The van der Waals surface area contributed by atoms with E-state index in [-0.39, 0.29) is 11.6 Å². The van der Waals surface area contributed by atoms with Gasteiger partial charge in [-0.1, -0.05) is 6.92 Å². The number of halogens is 2. The Kier molecular flexibility index (Phi) is 4.80. The van der Waals surface area contributed by atoms with Crippen molar-refractivity contribution in [3.8, 4) is 0 Å². The van der Waals surface area contributed by atoms with Crippen LogP contribution in [-0.4, -0.2) is 41.0 Å². The fraction of sp³-hybridized carbons (Fsp3) is 0.545. The van der Waals surface area contributed by atoms with Gasteiger partial charge in [-0.25, -0.2) is 13.8 Å². The van der Waals surface area contributed by atoms with Gasteiger partial charge in [-0.15, -0.1) is 0 Å². The van der Waals surface area contributed by atoms with Gasteiger partial charge in [0.25, 0.3) is 0 Å². The molecule has 102 valence electrons. The van der Waals surface area contributed by atoms with Crippen LogP contribution < -0.4 is 10.6 Å². The van der Waals surface area contributed by atoms with Gasteiger partial charge in [0.2, 0.25) is 0 Å². The quantitative estimate of drug-likeness (QED) is 0.613. The summed E-state index contributed by atoms with van der Waals surface area (Å²) >= 11 is 0. The van der Waals surface area contributed by atoms with Crippen LogP contribution in [-0.2, 0) is 0 Å². The Morgan fingerprint density at radius 2 is 1.78 bits per heavy atom. The molecule has 7 heteroatoms. The average Bonchev–Trinajstić information content (AvgIpc) is 2.38. The number of anilines is 2. The number of pyridine rings is 1. The number of hydrogen-bond acceptors (Lipinski definition) is 5. The van der Waals surface area contributed by atoms with E-state index in [1.165, 1.54) is 7.05 Å². The minimum atomic E-state index is -1.09. The third-order valence-electron chi connectivity index (χ3n) is 2.83. The summed E-state index contributed by atoms with van der Waals surface area (Å²) in [7, 11) is 1.46. The molecule has 1 rings (SSSR count).